The average molecular weight is 325 g/mol. The topological polar surface area (TPSA) is 61.4 Å². The van der Waals surface area contributed by atoms with Crippen LogP contribution in [-0.2, 0) is 4.79 Å². The van der Waals surface area contributed by atoms with Gasteiger partial charge in [-0.1, -0.05) is 37.3 Å². The van der Waals surface area contributed by atoms with Gasteiger partial charge in [0.2, 0.25) is 12.4 Å². The first-order valence-electron chi connectivity index (χ1n) is 8.43. The Hall–Kier alpha value is -2.63. The molecule has 0 bridgehead atoms. The number of benzene rings is 1. The molecular weight excluding hydrogens is 302 g/mol. The molecule has 1 saturated heterocycles. The molecule has 0 aliphatic carbocycles. The molecule has 1 amide bonds. The third kappa shape index (κ3) is 3.82. The summed E-state index contributed by atoms with van der Waals surface area (Å²) in [7, 11) is 0. The lowest BCUT2D eigenvalue weighted by molar-refractivity contribution is -0.118. The normalized spacial score (nSPS) is 14.5. The van der Waals surface area contributed by atoms with Crippen LogP contribution in [0.2, 0.25) is 0 Å². The van der Waals surface area contributed by atoms with Gasteiger partial charge in [0.05, 0.1) is 5.69 Å². The van der Waals surface area contributed by atoms with E-state index < -0.39 is 0 Å². The molecule has 1 aliphatic rings. The van der Waals surface area contributed by atoms with Crippen molar-refractivity contribution in [2.45, 2.75) is 13.3 Å². The molecule has 0 spiro atoms. The van der Waals surface area contributed by atoms with Crippen LogP contribution < -0.4 is 10.2 Å². The third-order valence-corrected chi connectivity index (χ3v) is 4.09. The van der Waals surface area contributed by atoms with E-state index in [0.29, 0.717) is 13.1 Å². The highest BCUT2D eigenvalue weighted by Crippen LogP contribution is 2.23. The summed E-state index contributed by atoms with van der Waals surface area (Å²) in [6.07, 6.45) is 1.95. The van der Waals surface area contributed by atoms with Crippen LogP contribution in [0.5, 0.6) is 0 Å². The van der Waals surface area contributed by atoms with Gasteiger partial charge in [-0.3, -0.25) is 4.79 Å². The minimum Gasteiger partial charge on any atom is -0.370 e. The molecule has 0 unspecified atom stereocenters. The Balaban J connectivity index is 1.88. The molecule has 0 atom stereocenters. The third-order valence-electron chi connectivity index (χ3n) is 4.09. The number of carbonyl (C=O) groups excluding carboxylic acids is 1. The van der Waals surface area contributed by atoms with E-state index >= 15 is 0 Å². The highest BCUT2D eigenvalue weighted by Gasteiger charge is 2.19. The highest BCUT2D eigenvalue weighted by atomic mass is 16.1. The lowest BCUT2D eigenvalue weighted by Crippen LogP contribution is -2.46. The van der Waals surface area contributed by atoms with Crippen LogP contribution in [0.1, 0.15) is 13.3 Å². The van der Waals surface area contributed by atoms with Crippen LogP contribution in [0.3, 0.4) is 0 Å². The molecule has 24 heavy (non-hydrogen) atoms. The smallest absolute Gasteiger partial charge is 0.227 e. The number of carbonyl (C=O) groups is 1. The molecule has 6 heteroatoms. The summed E-state index contributed by atoms with van der Waals surface area (Å²) in [6.45, 7) is 5.93. The van der Waals surface area contributed by atoms with Crippen molar-refractivity contribution < 1.29 is 4.79 Å². The van der Waals surface area contributed by atoms with Crippen molar-refractivity contribution >= 4 is 18.2 Å². The Morgan fingerprint density at radius 3 is 2.54 bits per heavy atom. The first-order valence-corrected chi connectivity index (χ1v) is 8.43. The monoisotopic (exact) mass is 325 g/mol. The summed E-state index contributed by atoms with van der Waals surface area (Å²) in [4.78, 5) is 24.2. The summed E-state index contributed by atoms with van der Waals surface area (Å²) in [6, 6.07) is 12.1. The van der Waals surface area contributed by atoms with Gasteiger partial charge in [0.25, 0.3) is 0 Å². The Kier molecular flexibility index (Phi) is 5.25. The molecule has 0 radical (unpaired) electrons. The Bertz CT molecular complexity index is 668. The van der Waals surface area contributed by atoms with E-state index in [1.54, 1.807) is 4.90 Å². The average Bonchev–Trinajstić information content (AvgIpc) is 2.67. The highest BCUT2D eigenvalue weighted by molar-refractivity contribution is 5.64. The van der Waals surface area contributed by atoms with E-state index in [4.69, 9.17) is 4.98 Å². The van der Waals surface area contributed by atoms with Crippen molar-refractivity contribution in [1.82, 2.24) is 14.9 Å². The number of aromatic nitrogens is 2. The van der Waals surface area contributed by atoms with Crippen molar-refractivity contribution in [1.29, 1.82) is 0 Å². The zero-order chi connectivity index (χ0) is 16.8. The fraction of sp³-hybridized carbons (Fsp3) is 0.389. The van der Waals surface area contributed by atoms with E-state index in [0.717, 1.165) is 55.5 Å². The number of hydrogen-bond donors (Lipinski definition) is 1. The summed E-state index contributed by atoms with van der Waals surface area (Å²) in [5.74, 6) is 1.57. The number of nitrogens with one attached hydrogen (secondary N) is 1. The predicted molar refractivity (Wildman–Crippen MR) is 96.1 cm³/mol. The van der Waals surface area contributed by atoms with Gasteiger partial charge in [-0.05, 0) is 6.42 Å². The molecule has 1 aromatic heterocycles. The molecular formula is C18H23N5O. The zero-order valence-electron chi connectivity index (χ0n) is 14.0. The minimum atomic E-state index is 0.708. The summed E-state index contributed by atoms with van der Waals surface area (Å²) in [5, 5.41) is 3.36. The molecule has 0 saturated carbocycles. The summed E-state index contributed by atoms with van der Waals surface area (Å²) < 4.78 is 0. The SMILES string of the molecule is CCCNc1cc(-c2ccccc2)nc(N2CCN(C=O)CC2)n1. The lowest BCUT2D eigenvalue weighted by atomic mass is 10.1. The molecule has 6 nitrogen and oxygen atoms in total. The van der Waals surface area contributed by atoms with E-state index in [2.05, 4.69) is 34.3 Å². The Labute approximate surface area is 142 Å². The van der Waals surface area contributed by atoms with Gasteiger partial charge in [-0.25, -0.2) is 4.98 Å². The van der Waals surface area contributed by atoms with Crippen molar-refractivity contribution in [3.63, 3.8) is 0 Å². The Morgan fingerprint density at radius 2 is 1.88 bits per heavy atom. The lowest BCUT2D eigenvalue weighted by Gasteiger charge is -2.32. The number of hydrogen-bond acceptors (Lipinski definition) is 5. The van der Waals surface area contributed by atoms with Crippen LogP contribution in [-0.4, -0.2) is 54.0 Å². The maximum atomic E-state index is 10.9. The molecule has 1 aliphatic heterocycles. The quantitative estimate of drug-likeness (QED) is 0.826. The molecule has 1 aromatic carbocycles. The zero-order valence-corrected chi connectivity index (χ0v) is 14.0. The maximum Gasteiger partial charge on any atom is 0.227 e. The van der Waals surface area contributed by atoms with Crippen LogP contribution >= 0.6 is 0 Å². The Morgan fingerprint density at radius 1 is 1.12 bits per heavy atom. The van der Waals surface area contributed by atoms with Crippen LogP contribution in [0.15, 0.2) is 36.4 Å². The first-order chi connectivity index (χ1) is 11.8. The minimum absolute atomic E-state index is 0.708. The fourth-order valence-electron chi connectivity index (χ4n) is 2.70. The largest absolute Gasteiger partial charge is 0.370 e. The number of rotatable bonds is 6. The number of anilines is 2. The van der Waals surface area contributed by atoms with Crippen molar-refractivity contribution in [3.05, 3.63) is 36.4 Å². The molecule has 2 heterocycles. The van der Waals surface area contributed by atoms with Crippen LogP contribution in [0.4, 0.5) is 11.8 Å². The second-order valence-corrected chi connectivity index (χ2v) is 5.86. The van der Waals surface area contributed by atoms with Gasteiger partial charge in [0, 0.05) is 44.4 Å². The van der Waals surface area contributed by atoms with Crippen molar-refractivity contribution in [2.75, 3.05) is 42.9 Å². The van der Waals surface area contributed by atoms with E-state index in [1.807, 2.05) is 24.3 Å². The predicted octanol–water partition coefficient (Wildman–Crippen LogP) is 2.24. The van der Waals surface area contributed by atoms with Gasteiger partial charge in [0.15, 0.2) is 0 Å². The van der Waals surface area contributed by atoms with Gasteiger partial charge in [-0.15, -0.1) is 0 Å². The molecule has 1 N–H and O–H groups in total. The van der Waals surface area contributed by atoms with Gasteiger partial charge in [0.1, 0.15) is 5.82 Å². The second kappa shape index (κ2) is 7.77. The van der Waals surface area contributed by atoms with E-state index in [1.165, 1.54) is 0 Å². The van der Waals surface area contributed by atoms with Crippen molar-refractivity contribution in [2.24, 2.45) is 0 Å². The van der Waals surface area contributed by atoms with Gasteiger partial charge in [-0.2, -0.15) is 4.98 Å². The first kappa shape index (κ1) is 16.2. The van der Waals surface area contributed by atoms with Crippen LogP contribution in [0, 0.1) is 0 Å². The number of nitrogens with zero attached hydrogens (tertiary/aromatic N) is 4. The van der Waals surface area contributed by atoms with Gasteiger partial charge < -0.3 is 15.1 Å². The molecule has 126 valence electrons. The summed E-state index contributed by atoms with van der Waals surface area (Å²) in [5.41, 5.74) is 1.99. The molecule has 3 rings (SSSR count). The van der Waals surface area contributed by atoms with E-state index in [-0.39, 0.29) is 0 Å². The standard InChI is InChI=1S/C18H23N5O/c1-2-8-19-17-13-16(15-6-4-3-5-7-15)20-18(21-17)23-11-9-22(14-24)10-12-23/h3-7,13-14H,2,8-12H2,1H3,(H,19,20,21). The molecule has 2 aromatic rings. The fourth-order valence-corrected chi connectivity index (χ4v) is 2.70. The van der Waals surface area contributed by atoms with E-state index in [9.17, 15) is 4.79 Å². The summed E-state index contributed by atoms with van der Waals surface area (Å²) >= 11 is 0. The number of amides is 1. The molecule has 1 fully saturated rings. The van der Waals surface area contributed by atoms with Crippen LogP contribution in [0.25, 0.3) is 11.3 Å². The van der Waals surface area contributed by atoms with Crippen molar-refractivity contribution in [3.8, 4) is 11.3 Å². The maximum absolute atomic E-state index is 10.9. The van der Waals surface area contributed by atoms with Gasteiger partial charge >= 0.3 is 0 Å². The number of piperazine rings is 1. The second-order valence-electron chi connectivity index (χ2n) is 5.86.